The minimum absolute atomic E-state index is 0.00876. The molecule has 2 aromatic carbocycles. The first-order chi connectivity index (χ1) is 19.1. The zero-order chi connectivity index (χ0) is 30.2. The van der Waals surface area contributed by atoms with Crippen LogP contribution in [-0.4, -0.2) is 51.8 Å². The van der Waals surface area contributed by atoms with Crippen molar-refractivity contribution < 1.29 is 38.9 Å². The molecule has 8 nitrogen and oxygen atoms in total. The average molecular weight is 561 g/mol. The number of carbonyl (C=O) groups is 5. The van der Waals surface area contributed by atoms with E-state index in [0.29, 0.717) is 12.2 Å². The zero-order valence-electron chi connectivity index (χ0n) is 24.2. The highest BCUT2D eigenvalue weighted by molar-refractivity contribution is 6.32. The van der Waals surface area contributed by atoms with Gasteiger partial charge in [-0.25, -0.2) is 0 Å². The van der Waals surface area contributed by atoms with Gasteiger partial charge in [0.05, 0.1) is 18.1 Å². The molecule has 0 amide bonds. The van der Waals surface area contributed by atoms with Gasteiger partial charge in [0.2, 0.25) is 0 Å². The maximum Gasteiger partial charge on any atom is 0.190 e. The Morgan fingerprint density at radius 1 is 1.07 bits per heavy atom. The maximum atomic E-state index is 14.4. The molecular formula is C33H36O8. The lowest BCUT2D eigenvalue weighted by molar-refractivity contribution is -0.205. The molecule has 0 spiro atoms. The molecule has 3 aliphatic rings. The van der Waals surface area contributed by atoms with Gasteiger partial charge in [-0.15, -0.1) is 0 Å². The van der Waals surface area contributed by atoms with Gasteiger partial charge in [0, 0.05) is 18.4 Å². The van der Waals surface area contributed by atoms with Crippen LogP contribution >= 0.6 is 0 Å². The summed E-state index contributed by atoms with van der Waals surface area (Å²) >= 11 is 0. The van der Waals surface area contributed by atoms with E-state index in [-0.39, 0.29) is 24.2 Å². The van der Waals surface area contributed by atoms with Gasteiger partial charge in [-0.1, -0.05) is 52.0 Å². The number of benzene rings is 2. The van der Waals surface area contributed by atoms with Crippen molar-refractivity contribution in [3.63, 3.8) is 0 Å². The van der Waals surface area contributed by atoms with Crippen LogP contribution in [0.4, 0.5) is 0 Å². The Bertz CT molecular complexity index is 1520. The number of ketones is 5. The summed E-state index contributed by atoms with van der Waals surface area (Å²) in [5.74, 6) is -8.99. The molecule has 6 atom stereocenters. The Labute approximate surface area is 239 Å². The van der Waals surface area contributed by atoms with Gasteiger partial charge >= 0.3 is 0 Å². The van der Waals surface area contributed by atoms with E-state index >= 15 is 0 Å². The maximum absolute atomic E-state index is 14.4. The van der Waals surface area contributed by atoms with Gasteiger partial charge in [0.1, 0.15) is 17.5 Å². The van der Waals surface area contributed by atoms with Crippen molar-refractivity contribution in [1.82, 2.24) is 0 Å². The molecular weight excluding hydrogens is 524 g/mol. The number of Topliss-reactive ketones (excluding diaryl/α,β-unsaturated/α-hetero) is 5. The molecule has 0 radical (unpaired) electrons. The van der Waals surface area contributed by atoms with Crippen molar-refractivity contribution in [3.05, 3.63) is 53.1 Å². The van der Waals surface area contributed by atoms with Gasteiger partial charge in [-0.2, -0.15) is 0 Å². The topological polar surface area (TPSA) is 135 Å². The fourth-order valence-electron chi connectivity index (χ4n) is 8.40. The zero-order valence-corrected chi connectivity index (χ0v) is 24.2. The van der Waals surface area contributed by atoms with Gasteiger partial charge in [0.25, 0.3) is 0 Å². The number of rotatable bonds is 5. The van der Waals surface area contributed by atoms with E-state index in [1.807, 2.05) is 24.3 Å². The summed E-state index contributed by atoms with van der Waals surface area (Å²) in [7, 11) is 1.60. The second kappa shape index (κ2) is 9.53. The van der Waals surface area contributed by atoms with Crippen LogP contribution in [0.25, 0.3) is 11.1 Å². The number of hydrogen-bond acceptors (Lipinski definition) is 8. The largest absolute Gasteiger partial charge is 0.507 e. The molecule has 2 aromatic rings. The van der Waals surface area contributed by atoms with Crippen LogP contribution in [-0.2, 0) is 36.9 Å². The number of hydrogen-bond donors (Lipinski definition) is 2. The quantitative estimate of drug-likeness (QED) is 0.526. The predicted molar refractivity (Wildman–Crippen MR) is 149 cm³/mol. The third-order valence-electron chi connectivity index (χ3n) is 9.81. The fraction of sp³-hybridized carbons (Fsp3) is 0.485. The van der Waals surface area contributed by atoms with Crippen molar-refractivity contribution in [2.75, 3.05) is 7.11 Å². The summed E-state index contributed by atoms with van der Waals surface area (Å²) in [6, 6.07) is 10.8. The fourth-order valence-corrected chi connectivity index (χ4v) is 8.40. The van der Waals surface area contributed by atoms with Crippen molar-refractivity contribution >= 4 is 28.9 Å². The summed E-state index contributed by atoms with van der Waals surface area (Å²) in [5.41, 5.74) is -2.32. The van der Waals surface area contributed by atoms with E-state index in [1.54, 1.807) is 40.9 Å². The van der Waals surface area contributed by atoms with E-state index in [1.165, 1.54) is 6.07 Å². The lowest BCUT2D eigenvalue weighted by atomic mass is 9.40. The Hall–Kier alpha value is -3.49. The minimum atomic E-state index is -2.70. The summed E-state index contributed by atoms with van der Waals surface area (Å²) in [6.45, 7) is 8.37. The number of fused-ring (bicyclic) bond motifs is 3. The van der Waals surface area contributed by atoms with Crippen LogP contribution in [0.3, 0.4) is 0 Å². The number of ether oxygens (including phenoxy) is 1. The van der Waals surface area contributed by atoms with E-state index < -0.39 is 69.0 Å². The third-order valence-corrected chi connectivity index (χ3v) is 9.81. The van der Waals surface area contributed by atoms with Crippen LogP contribution in [0, 0.1) is 34.5 Å². The summed E-state index contributed by atoms with van der Waals surface area (Å²) in [5, 5.41) is 23.0. The van der Waals surface area contributed by atoms with Gasteiger partial charge < -0.3 is 14.9 Å². The van der Waals surface area contributed by atoms with Gasteiger partial charge in [-0.05, 0) is 65.5 Å². The van der Waals surface area contributed by atoms with Crippen molar-refractivity contribution in [2.24, 2.45) is 34.5 Å². The highest BCUT2D eigenvalue weighted by Gasteiger charge is 2.76. The third kappa shape index (κ3) is 3.83. The average Bonchev–Trinajstić information content (AvgIpc) is 2.86. The first kappa shape index (κ1) is 29.0. The number of phenols is 1. The Morgan fingerprint density at radius 2 is 1.76 bits per heavy atom. The highest BCUT2D eigenvalue weighted by Crippen LogP contribution is 2.64. The molecule has 3 aliphatic carbocycles. The molecule has 0 aliphatic heterocycles. The molecule has 5 rings (SSSR count). The van der Waals surface area contributed by atoms with E-state index in [2.05, 4.69) is 0 Å². The molecule has 2 fully saturated rings. The second-order valence-electron chi connectivity index (χ2n) is 12.9. The summed E-state index contributed by atoms with van der Waals surface area (Å²) in [4.78, 5) is 68.5. The molecule has 216 valence electrons. The van der Waals surface area contributed by atoms with Gasteiger partial charge in [-0.3, -0.25) is 24.0 Å². The molecule has 2 saturated carbocycles. The highest BCUT2D eigenvalue weighted by atomic mass is 16.5. The van der Waals surface area contributed by atoms with Gasteiger partial charge in [0.15, 0.2) is 28.7 Å². The Morgan fingerprint density at radius 3 is 2.37 bits per heavy atom. The molecule has 41 heavy (non-hydrogen) atoms. The minimum Gasteiger partial charge on any atom is -0.507 e. The number of aromatic hydroxyl groups is 1. The smallest absolute Gasteiger partial charge is 0.190 e. The first-order valence-corrected chi connectivity index (χ1v) is 14.0. The molecule has 2 N–H and O–H groups in total. The molecule has 8 heteroatoms. The molecule has 0 bridgehead atoms. The van der Waals surface area contributed by atoms with E-state index in [4.69, 9.17) is 4.74 Å². The van der Waals surface area contributed by atoms with Crippen LogP contribution in [0.5, 0.6) is 5.75 Å². The number of phenolic OH excluding ortho intramolecular Hbond substituents is 1. The monoisotopic (exact) mass is 560 g/mol. The standard InChI is InChI=1S/C33H36O8/c1-16(2)25-27(36)23(17(3)34)29(38)33(40)30(39)26-28(37)24-21(13-31(26,4)15-32(25,33)5)20(10-11-22(24)35)19-9-7-8-18(12-19)14-41-6/h7-12,16,23,25-26,35,40H,13-15H2,1-6H3/t23?,25?,26?,31-,32-,33+/m1/s1. The number of aliphatic hydroxyl groups is 1. The number of carbonyl (C=O) groups excluding carboxylic acids is 5. The first-order valence-electron chi connectivity index (χ1n) is 14.0. The van der Waals surface area contributed by atoms with Crippen molar-refractivity contribution in [1.29, 1.82) is 0 Å². The van der Waals surface area contributed by atoms with E-state index in [9.17, 15) is 34.2 Å². The van der Waals surface area contributed by atoms with E-state index in [0.717, 1.165) is 23.6 Å². The molecule has 3 unspecified atom stereocenters. The van der Waals surface area contributed by atoms with Crippen molar-refractivity contribution in [2.45, 2.75) is 59.7 Å². The van der Waals surface area contributed by atoms with Crippen molar-refractivity contribution in [3.8, 4) is 16.9 Å². The molecule has 0 heterocycles. The lowest BCUT2D eigenvalue weighted by Crippen LogP contribution is -2.76. The van der Waals surface area contributed by atoms with Crippen LogP contribution < -0.4 is 0 Å². The number of methoxy groups -OCH3 is 1. The second-order valence-corrected chi connectivity index (χ2v) is 12.9. The summed E-state index contributed by atoms with van der Waals surface area (Å²) in [6.07, 6.45) is 0.208. The predicted octanol–water partition coefficient (Wildman–Crippen LogP) is 3.91. The Kier molecular flexibility index (Phi) is 6.74. The summed E-state index contributed by atoms with van der Waals surface area (Å²) < 4.78 is 5.27. The van der Waals surface area contributed by atoms with Crippen LogP contribution in [0.15, 0.2) is 36.4 Å². The Balaban J connectivity index is 1.72. The lowest BCUT2D eigenvalue weighted by Gasteiger charge is -2.61. The molecule has 0 saturated heterocycles. The van der Waals surface area contributed by atoms with Crippen LogP contribution in [0.1, 0.15) is 62.5 Å². The van der Waals surface area contributed by atoms with Crippen LogP contribution in [0.2, 0.25) is 0 Å². The SMILES string of the molecule is COCc1cccc(-c2ccc(O)c3c2C[C@]2(C)C[C@]4(C)C(C(C)C)C(=O)C(C(C)=O)C(=O)[C@]4(O)C(=O)C2C3=O)c1. The normalized spacial score (nSPS) is 32.9. The molecule has 0 aromatic heterocycles.